The minimum absolute atomic E-state index is 0.127. The van der Waals surface area contributed by atoms with Gasteiger partial charge in [-0.3, -0.25) is 4.79 Å². The summed E-state index contributed by atoms with van der Waals surface area (Å²) in [7, 11) is 0. The maximum absolute atomic E-state index is 11.4. The third-order valence-electron chi connectivity index (χ3n) is 2.27. The molecule has 1 aliphatic heterocycles. The van der Waals surface area contributed by atoms with Crippen LogP contribution < -0.4 is 4.90 Å². The fourth-order valence-electron chi connectivity index (χ4n) is 1.59. The first kappa shape index (κ1) is 9.62. The van der Waals surface area contributed by atoms with E-state index in [1.807, 2.05) is 6.07 Å². The number of hydrogen-bond acceptors (Lipinski definition) is 4. The molecule has 0 aromatic carbocycles. The molecule has 0 saturated carbocycles. The molecule has 2 heterocycles. The molecule has 1 aromatic heterocycles. The number of aliphatic hydroxyl groups excluding tert-OH is 1. The Bertz CT molecular complexity index is 439. The number of amides is 1. The van der Waals surface area contributed by atoms with Gasteiger partial charge in [-0.1, -0.05) is 0 Å². The third-order valence-corrected chi connectivity index (χ3v) is 2.27. The number of anilines is 1. The molecule has 1 aromatic rings. The summed E-state index contributed by atoms with van der Waals surface area (Å²) in [6, 6.07) is 5.09. The Balaban J connectivity index is 2.30. The molecule has 1 N–H and O–H groups in total. The monoisotopic (exact) mass is 203 g/mol. The minimum atomic E-state index is -0.615. The quantitative estimate of drug-likeness (QED) is 0.699. The first-order chi connectivity index (χ1) is 7.20. The summed E-state index contributed by atoms with van der Waals surface area (Å²) >= 11 is 0. The van der Waals surface area contributed by atoms with E-state index in [0.717, 1.165) is 0 Å². The molecule has 76 valence electrons. The number of nitrogens with zero attached hydrogens (tertiary/aromatic N) is 3. The van der Waals surface area contributed by atoms with Crippen LogP contribution in [0.2, 0.25) is 0 Å². The molecule has 0 bridgehead atoms. The highest BCUT2D eigenvalue weighted by Crippen LogP contribution is 2.21. The number of carbonyl (C=O) groups is 1. The highest BCUT2D eigenvalue weighted by atomic mass is 16.3. The van der Waals surface area contributed by atoms with E-state index in [2.05, 4.69) is 4.98 Å². The fraction of sp³-hybridized carbons (Fsp3) is 0.300. The van der Waals surface area contributed by atoms with Gasteiger partial charge in [0.05, 0.1) is 19.1 Å². The Kier molecular flexibility index (Phi) is 2.35. The Morgan fingerprint density at radius 2 is 2.47 bits per heavy atom. The van der Waals surface area contributed by atoms with Crippen molar-refractivity contribution in [3.05, 3.63) is 24.0 Å². The molecule has 0 spiro atoms. The lowest BCUT2D eigenvalue weighted by molar-refractivity contribution is -0.117. The van der Waals surface area contributed by atoms with Gasteiger partial charge in [-0.15, -0.1) is 0 Å². The molecule has 2 rings (SSSR count). The van der Waals surface area contributed by atoms with Gasteiger partial charge in [0, 0.05) is 11.9 Å². The number of carbonyl (C=O) groups excluding carboxylic acids is 1. The van der Waals surface area contributed by atoms with Crippen molar-refractivity contribution in [1.29, 1.82) is 5.26 Å². The second kappa shape index (κ2) is 3.67. The van der Waals surface area contributed by atoms with Gasteiger partial charge in [-0.2, -0.15) is 5.26 Å². The number of β-amino-alcohol motifs (C(OH)–C–C–N with tert-alkyl or cyclic N) is 1. The number of pyridine rings is 1. The van der Waals surface area contributed by atoms with Gasteiger partial charge in [-0.05, 0) is 12.1 Å². The van der Waals surface area contributed by atoms with Gasteiger partial charge in [0.25, 0.3) is 0 Å². The van der Waals surface area contributed by atoms with Crippen LogP contribution in [-0.2, 0) is 4.79 Å². The average Bonchev–Trinajstić information content (AvgIpc) is 2.58. The Morgan fingerprint density at radius 1 is 1.67 bits per heavy atom. The van der Waals surface area contributed by atoms with Crippen molar-refractivity contribution in [2.45, 2.75) is 12.5 Å². The number of rotatable bonds is 1. The Morgan fingerprint density at radius 3 is 3.07 bits per heavy atom. The number of aromatic nitrogens is 1. The van der Waals surface area contributed by atoms with E-state index < -0.39 is 6.10 Å². The van der Waals surface area contributed by atoms with E-state index >= 15 is 0 Å². The SMILES string of the molecule is N#Cc1cc(N2CC(O)CC2=O)ccn1. The average molecular weight is 203 g/mol. The van der Waals surface area contributed by atoms with Crippen LogP contribution in [0.4, 0.5) is 5.69 Å². The number of aliphatic hydroxyl groups is 1. The van der Waals surface area contributed by atoms with E-state index in [1.165, 1.54) is 17.2 Å². The molecule has 5 heteroatoms. The summed E-state index contributed by atoms with van der Waals surface area (Å²) in [5.41, 5.74) is 0.879. The molecular formula is C10H9N3O2. The van der Waals surface area contributed by atoms with Crippen LogP contribution in [-0.4, -0.2) is 28.6 Å². The first-order valence-corrected chi connectivity index (χ1v) is 4.55. The molecule has 15 heavy (non-hydrogen) atoms. The van der Waals surface area contributed by atoms with Crippen LogP contribution >= 0.6 is 0 Å². The fourth-order valence-corrected chi connectivity index (χ4v) is 1.59. The maximum atomic E-state index is 11.4. The summed E-state index contributed by atoms with van der Waals surface area (Å²) in [5.74, 6) is -0.127. The van der Waals surface area contributed by atoms with Gasteiger partial charge in [-0.25, -0.2) is 4.98 Å². The lowest BCUT2D eigenvalue weighted by Gasteiger charge is -2.15. The first-order valence-electron chi connectivity index (χ1n) is 4.55. The van der Waals surface area contributed by atoms with Gasteiger partial charge in [0.15, 0.2) is 0 Å². The van der Waals surface area contributed by atoms with E-state index in [9.17, 15) is 9.90 Å². The summed E-state index contributed by atoms with van der Waals surface area (Å²) in [5, 5.41) is 18.0. The molecule has 1 saturated heterocycles. The van der Waals surface area contributed by atoms with Crippen LogP contribution in [0.1, 0.15) is 12.1 Å². The highest BCUT2D eigenvalue weighted by Gasteiger charge is 2.29. The zero-order chi connectivity index (χ0) is 10.8. The lowest BCUT2D eigenvalue weighted by Crippen LogP contribution is -2.25. The van der Waals surface area contributed by atoms with Crippen molar-refractivity contribution in [2.24, 2.45) is 0 Å². The van der Waals surface area contributed by atoms with Crippen molar-refractivity contribution in [3.8, 4) is 6.07 Å². The number of nitriles is 1. The minimum Gasteiger partial charge on any atom is -0.391 e. The van der Waals surface area contributed by atoms with Crippen molar-refractivity contribution in [1.82, 2.24) is 4.98 Å². The molecule has 0 aliphatic carbocycles. The Labute approximate surface area is 86.6 Å². The van der Waals surface area contributed by atoms with Crippen molar-refractivity contribution in [2.75, 3.05) is 11.4 Å². The lowest BCUT2D eigenvalue weighted by atomic mass is 10.3. The summed E-state index contributed by atoms with van der Waals surface area (Å²) in [4.78, 5) is 16.7. The van der Waals surface area contributed by atoms with Crippen molar-refractivity contribution < 1.29 is 9.90 Å². The summed E-state index contributed by atoms with van der Waals surface area (Å²) in [6.07, 6.45) is 1.01. The third kappa shape index (κ3) is 1.80. The van der Waals surface area contributed by atoms with E-state index in [1.54, 1.807) is 6.07 Å². The molecule has 5 nitrogen and oxygen atoms in total. The topological polar surface area (TPSA) is 77.2 Å². The van der Waals surface area contributed by atoms with Crippen LogP contribution in [0.5, 0.6) is 0 Å². The largest absolute Gasteiger partial charge is 0.391 e. The molecule has 1 fully saturated rings. The second-order valence-electron chi connectivity index (χ2n) is 3.37. The van der Waals surface area contributed by atoms with Crippen molar-refractivity contribution in [3.63, 3.8) is 0 Å². The summed E-state index contributed by atoms with van der Waals surface area (Å²) < 4.78 is 0. The normalized spacial score (nSPS) is 20.4. The van der Waals surface area contributed by atoms with Crippen LogP contribution in [0.3, 0.4) is 0 Å². The summed E-state index contributed by atoms with van der Waals surface area (Å²) in [6.45, 7) is 0.285. The number of hydrogen-bond donors (Lipinski definition) is 1. The highest BCUT2D eigenvalue weighted by molar-refractivity contribution is 5.96. The van der Waals surface area contributed by atoms with Crippen LogP contribution in [0.25, 0.3) is 0 Å². The van der Waals surface area contributed by atoms with Gasteiger partial charge in [0.1, 0.15) is 11.8 Å². The predicted molar refractivity (Wildman–Crippen MR) is 51.9 cm³/mol. The Hall–Kier alpha value is -1.93. The van der Waals surface area contributed by atoms with E-state index in [0.29, 0.717) is 5.69 Å². The van der Waals surface area contributed by atoms with E-state index in [-0.39, 0.29) is 24.6 Å². The molecule has 1 unspecified atom stereocenters. The second-order valence-corrected chi connectivity index (χ2v) is 3.37. The maximum Gasteiger partial charge on any atom is 0.229 e. The molecular weight excluding hydrogens is 194 g/mol. The van der Waals surface area contributed by atoms with Crippen LogP contribution in [0, 0.1) is 11.3 Å². The predicted octanol–water partition coefficient (Wildman–Crippen LogP) is 0.0509. The zero-order valence-electron chi connectivity index (χ0n) is 7.92. The molecule has 1 amide bonds. The van der Waals surface area contributed by atoms with Crippen molar-refractivity contribution >= 4 is 11.6 Å². The molecule has 1 atom stereocenters. The standard InChI is InChI=1S/C10H9N3O2/c11-5-7-3-8(1-2-12-7)13-6-9(14)4-10(13)15/h1-3,9,14H,4,6H2. The van der Waals surface area contributed by atoms with Gasteiger partial charge in [0.2, 0.25) is 5.91 Å². The zero-order valence-corrected chi connectivity index (χ0v) is 7.92. The van der Waals surface area contributed by atoms with Gasteiger partial charge >= 0.3 is 0 Å². The molecule has 0 radical (unpaired) electrons. The van der Waals surface area contributed by atoms with E-state index in [4.69, 9.17) is 5.26 Å². The van der Waals surface area contributed by atoms with Crippen LogP contribution in [0.15, 0.2) is 18.3 Å². The molecule has 1 aliphatic rings. The smallest absolute Gasteiger partial charge is 0.229 e. The van der Waals surface area contributed by atoms with Gasteiger partial charge < -0.3 is 10.0 Å².